The van der Waals surface area contributed by atoms with E-state index in [0.29, 0.717) is 19.4 Å². The van der Waals surface area contributed by atoms with Crippen LogP contribution in [0.5, 0.6) is 0 Å². The summed E-state index contributed by atoms with van der Waals surface area (Å²) in [6.07, 6.45) is -2.21. The second-order valence-electron chi connectivity index (χ2n) is 7.09. The van der Waals surface area contributed by atoms with Gasteiger partial charge in [0.1, 0.15) is 18.3 Å². The summed E-state index contributed by atoms with van der Waals surface area (Å²) in [6, 6.07) is -1.86. The lowest BCUT2D eigenvalue weighted by molar-refractivity contribution is -0.148. The lowest BCUT2D eigenvalue weighted by atomic mass is 9.92. The van der Waals surface area contributed by atoms with E-state index in [0.717, 1.165) is 0 Å². The first kappa shape index (κ1) is 22.1. The molecule has 0 bridgehead atoms. The van der Waals surface area contributed by atoms with Crippen LogP contribution in [-0.2, 0) is 19.1 Å². The molecule has 6 atom stereocenters. The molecule has 0 aromatic rings. The molecule has 28 heavy (non-hydrogen) atoms. The van der Waals surface area contributed by atoms with Gasteiger partial charge < -0.3 is 41.1 Å². The van der Waals surface area contributed by atoms with Crippen LogP contribution in [0.15, 0.2) is 11.8 Å². The van der Waals surface area contributed by atoms with Crippen molar-refractivity contribution in [2.24, 2.45) is 11.7 Å². The van der Waals surface area contributed by atoms with Crippen LogP contribution in [0.25, 0.3) is 0 Å². The molecule has 0 saturated carbocycles. The Bertz CT molecular complexity index is 640. The van der Waals surface area contributed by atoms with E-state index in [9.17, 15) is 29.7 Å². The van der Waals surface area contributed by atoms with Crippen molar-refractivity contribution < 1.29 is 39.5 Å². The number of likely N-dealkylation sites (tertiary alicyclic amines) is 1. The first-order valence-electron chi connectivity index (χ1n) is 9.06. The molecule has 0 aromatic carbocycles. The zero-order chi connectivity index (χ0) is 21.0. The molecule has 0 aliphatic carbocycles. The number of nitrogens with zero attached hydrogens (tertiary/aromatic N) is 1. The lowest BCUT2D eigenvalue weighted by Crippen LogP contribution is -2.62. The van der Waals surface area contributed by atoms with Crippen LogP contribution in [0.4, 0.5) is 0 Å². The second-order valence-corrected chi connectivity index (χ2v) is 7.09. The Hall–Kier alpha value is -2.21. The van der Waals surface area contributed by atoms with Gasteiger partial charge in [0.15, 0.2) is 5.76 Å². The van der Waals surface area contributed by atoms with E-state index >= 15 is 0 Å². The minimum Gasteiger partial charge on any atom is -0.481 e. The maximum absolute atomic E-state index is 12.8. The number of carboxylic acid groups (broad SMARTS) is 1. The molecule has 7 N–H and O–H groups in total. The van der Waals surface area contributed by atoms with Gasteiger partial charge in [-0.25, -0.2) is 0 Å². The third kappa shape index (κ3) is 4.98. The molecule has 11 heteroatoms. The predicted octanol–water partition coefficient (Wildman–Crippen LogP) is -2.86. The number of carboxylic acids is 1. The highest BCUT2D eigenvalue weighted by Gasteiger charge is 2.43. The standard InChI is InChI=1S/C17H27N3O8/c1-8(22)19-13-10(18)5-12(28-15(13)14(24)11(23)7-21)16(25)20-4-2-3-9(6-20)17(26)27/h5,9-11,13-15,21,23-24H,2-4,6-7,18H2,1H3,(H,19,22)(H,26,27)/t9-,10+,11-,13-,14-,15-/m1/s1. The van der Waals surface area contributed by atoms with Crippen LogP contribution < -0.4 is 11.1 Å². The maximum atomic E-state index is 12.8. The number of rotatable bonds is 6. The fourth-order valence-electron chi connectivity index (χ4n) is 3.42. The molecule has 11 nitrogen and oxygen atoms in total. The summed E-state index contributed by atoms with van der Waals surface area (Å²) in [6.45, 7) is 0.844. The molecule has 1 fully saturated rings. The van der Waals surface area contributed by atoms with Gasteiger partial charge in [0.25, 0.3) is 5.91 Å². The molecule has 2 amide bonds. The summed E-state index contributed by atoms with van der Waals surface area (Å²) in [7, 11) is 0. The summed E-state index contributed by atoms with van der Waals surface area (Å²) < 4.78 is 5.57. The van der Waals surface area contributed by atoms with Gasteiger partial charge >= 0.3 is 5.97 Å². The van der Waals surface area contributed by atoms with Crippen LogP contribution >= 0.6 is 0 Å². The van der Waals surface area contributed by atoms with Gasteiger partial charge in [-0.2, -0.15) is 0 Å². The first-order valence-corrected chi connectivity index (χ1v) is 9.06. The number of amides is 2. The largest absolute Gasteiger partial charge is 0.481 e. The third-order valence-corrected chi connectivity index (χ3v) is 4.93. The van der Waals surface area contributed by atoms with Crippen LogP contribution in [0.2, 0.25) is 0 Å². The van der Waals surface area contributed by atoms with Crippen molar-refractivity contribution >= 4 is 17.8 Å². The van der Waals surface area contributed by atoms with E-state index < -0.39 is 60.7 Å². The van der Waals surface area contributed by atoms with Crippen molar-refractivity contribution in [2.45, 2.75) is 50.2 Å². The smallest absolute Gasteiger partial charge is 0.308 e. The lowest BCUT2D eigenvalue weighted by Gasteiger charge is -2.40. The van der Waals surface area contributed by atoms with Crippen LogP contribution in [0.1, 0.15) is 19.8 Å². The number of carbonyl (C=O) groups excluding carboxylic acids is 2. The van der Waals surface area contributed by atoms with Gasteiger partial charge in [-0.05, 0) is 18.9 Å². The highest BCUT2D eigenvalue weighted by Crippen LogP contribution is 2.25. The Kier molecular flexibility index (Phi) is 7.35. The number of piperidine rings is 1. The average molecular weight is 401 g/mol. The molecular formula is C17H27N3O8. The molecule has 2 aliphatic heterocycles. The summed E-state index contributed by atoms with van der Waals surface area (Å²) in [5.74, 6) is -2.91. The molecule has 0 spiro atoms. The molecule has 158 valence electrons. The van der Waals surface area contributed by atoms with Crippen LogP contribution in [0.3, 0.4) is 0 Å². The highest BCUT2D eigenvalue weighted by atomic mass is 16.5. The summed E-state index contributed by atoms with van der Waals surface area (Å²) in [5, 5.41) is 40.9. The quantitative estimate of drug-likeness (QED) is 0.272. The van der Waals surface area contributed by atoms with E-state index in [1.807, 2.05) is 0 Å². The van der Waals surface area contributed by atoms with E-state index in [1.54, 1.807) is 0 Å². The number of aliphatic carboxylic acids is 1. The maximum Gasteiger partial charge on any atom is 0.308 e. The molecule has 0 aromatic heterocycles. The zero-order valence-corrected chi connectivity index (χ0v) is 15.5. The number of hydrogen-bond acceptors (Lipinski definition) is 8. The molecule has 2 rings (SSSR count). The number of ether oxygens (including phenoxy) is 1. The van der Waals surface area contributed by atoms with Crippen molar-refractivity contribution in [1.82, 2.24) is 10.2 Å². The Morgan fingerprint density at radius 1 is 1.39 bits per heavy atom. The fraction of sp³-hybridized carbons (Fsp3) is 0.706. The van der Waals surface area contributed by atoms with Gasteiger partial charge in [0, 0.05) is 20.0 Å². The highest BCUT2D eigenvalue weighted by molar-refractivity contribution is 5.92. The van der Waals surface area contributed by atoms with Crippen LogP contribution in [0, 0.1) is 5.92 Å². The summed E-state index contributed by atoms with van der Waals surface area (Å²) in [5.41, 5.74) is 6.04. The number of aliphatic hydroxyl groups excluding tert-OH is 3. The minimum absolute atomic E-state index is 0.0196. The SMILES string of the molecule is CC(=O)N[C@H]1[C@H]([C@H](O)[C@H](O)CO)OC(C(=O)N2CCC[C@@H](C(=O)O)C2)=C[C@@H]1N. The van der Waals surface area contributed by atoms with E-state index in [2.05, 4.69) is 5.32 Å². The molecular weight excluding hydrogens is 374 g/mol. The third-order valence-electron chi connectivity index (χ3n) is 4.93. The number of aliphatic hydroxyl groups is 3. The average Bonchev–Trinajstić information content (AvgIpc) is 2.67. The fourth-order valence-corrected chi connectivity index (χ4v) is 3.42. The van der Waals surface area contributed by atoms with Gasteiger partial charge in [0.05, 0.1) is 24.6 Å². The summed E-state index contributed by atoms with van der Waals surface area (Å²) in [4.78, 5) is 36.8. The molecule has 0 radical (unpaired) electrons. The number of carbonyl (C=O) groups is 3. The molecule has 2 aliphatic rings. The topological polar surface area (TPSA) is 183 Å². The number of hydrogen-bond donors (Lipinski definition) is 6. The van der Waals surface area contributed by atoms with Gasteiger partial charge in [0.2, 0.25) is 5.91 Å². The van der Waals surface area contributed by atoms with Crippen molar-refractivity contribution in [2.75, 3.05) is 19.7 Å². The Morgan fingerprint density at radius 2 is 2.07 bits per heavy atom. The first-order chi connectivity index (χ1) is 13.1. The predicted molar refractivity (Wildman–Crippen MR) is 94.6 cm³/mol. The van der Waals surface area contributed by atoms with Gasteiger partial charge in [-0.1, -0.05) is 0 Å². The van der Waals surface area contributed by atoms with Crippen molar-refractivity contribution in [1.29, 1.82) is 0 Å². The number of nitrogens with two attached hydrogens (primary N) is 1. The Balaban J connectivity index is 2.23. The van der Waals surface area contributed by atoms with E-state index in [1.165, 1.54) is 17.9 Å². The van der Waals surface area contributed by atoms with Gasteiger partial charge in [-0.3, -0.25) is 14.4 Å². The monoisotopic (exact) mass is 401 g/mol. The minimum atomic E-state index is -1.63. The number of nitrogens with one attached hydrogen (secondary N) is 1. The summed E-state index contributed by atoms with van der Waals surface area (Å²) >= 11 is 0. The normalized spacial score (nSPS) is 29.9. The Morgan fingerprint density at radius 3 is 2.64 bits per heavy atom. The molecule has 2 heterocycles. The van der Waals surface area contributed by atoms with Crippen LogP contribution in [-0.4, -0.2) is 93.2 Å². The zero-order valence-electron chi connectivity index (χ0n) is 15.5. The van der Waals surface area contributed by atoms with Crippen molar-refractivity contribution in [3.05, 3.63) is 11.8 Å². The Labute approximate surface area is 161 Å². The molecule has 0 unspecified atom stereocenters. The second kappa shape index (κ2) is 9.32. The van der Waals surface area contributed by atoms with Crippen molar-refractivity contribution in [3.63, 3.8) is 0 Å². The van der Waals surface area contributed by atoms with E-state index in [-0.39, 0.29) is 12.3 Å². The van der Waals surface area contributed by atoms with Gasteiger partial charge in [-0.15, -0.1) is 0 Å². The molecule has 1 saturated heterocycles. The van der Waals surface area contributed by atoms with E-state index in [4.69, 9.17) is 15.6 Å². The van der Waals surface area contributed by atoms with Crippen molar-refractivity contribution in [3.8, 4) is 0 Å².